The number of nitrogens with zero attached hydrogens (tertiary/aromatic N) is 1. The number of hydrogen-bond donors (Lipinski definition) is 2. The van der Waals surface area contributed by atoms with E-state index < -0.39 is 10.0 Å². The van der Waals surface area contributed by atoms with Gasteiger partial charge in [0, 0.05) is 30.7 Å². The largest absolute Gasteiger partial charge is 0.379 e. The third-order valence-corrected chi connectivity index (χ3v) is 6.60. The first-order chi connectivity index (χ1) is 12.0. The fourth-order valence-corrected chi connectivity index (χ4v) is 4.74. The highest BCUT2D eigenvalue weighted by molar-refractivity contribution is 7.89. The van der Waals surface area contributed by atoms with Crippen LogP contribution in [0.5, 0.6) is 0 Å². The molecule has 2 aliphatic rings. The van der Waals surface area contributed by atoms with Crippen LogP contribution in [0.25, 0.3) is 0 Å². The molecule has 0 saturated carbocycles. The van der Waals surface area contributed by atoms with Gasteiger partial charge in [0.15, 0.2) is 0 Å². The monoisotopic (exact) mass is 367 g/mol. The number of ether oxygens (including phenoxy) is 1. The van der Waals surface area contributed by atoms with Crippen molar-refractivity contribution in [3.63, 3.8) is 0 Å². The first-order valence-corrected chi connectivity index (χ1v) is 10.1. The number of nitrogens with one attached hydrogen (secondary N) is 2. The van der Waals surface area contributed by atoms with Crippen LogP contribution in [-0.4, -0.2) is 57.5 Å². The molecule has 2 saturated heterocycles. The van der Waals surface area contributed by atoms with Crippen LogP contribution < -0.4 is 10.6 Å². The van der Waals surface area contributed by atoms with Gasteiger partial charge in [0.2, 0.25) is 15.9 Å². The number of piperidine rings is 1. The quantitative estimate of drug-likeness (QED) is 0.830. The van der Waals surface area contributed by atoms with Crippen molar-refractivity contribution in [1.29, 1.82) is 0 Å². The van der Waals surface area contributed by atoms with Gasteiger partial charge in [-0.15, -0.1) is 0 Å². The molecule has 1 amide bonds. The van der Waals surface area contributed by atoms with Gasteiger partial charge in [-0.1, -0.05) is 6.07 Å². The van der Waals surface area contributed by atoms with Crippen LogP contribution in [0.3, 0.4) is 0 Å². The zero-order valence-corrected chi connectivity index (χ0v) is 15.2. The van der Waals surface area contributed by atoms with Gasteiger partial charge >= 0.3 is 0 Å². The summed E-state index contributed by atoms with van der Waals surface area (Å²) in [6, 6.07) is 6.80. The molecule has 1 aromatic carbocycles. The lowest BCUT2D eigenvalue weighted by atomic mass is 9.92. The lowest BCUT2D eigenvalue weighted by Gasteiger charge is -2.27. The van der Waals surface area contributed by atoms with Crippen molar-refractivity contribution in [2.45, 2.75) is 30.7 Å². The summed E-state index contributed by atoms with van der Waals surface area (Å²) in [5.41, 5.74) is 0.519. The molecule has 0 bridgehead atoms. The van der Waals surface area contributed by atoms with Crippen LogP contribution in [0.1, 0.15) is 19.8 Å². The molecule has 0 radical (unpaired) electrons. The number of rotatable bonds is 4. The van der Waals surface area contributed by atoms with E-state index in [1.54, 1.807) is 18.2 Å². The molecular weight excluding hydrogens is 342 g/mol. The molecule has 2 atom stereocenters. The van der Waals surface area contributed by atoms with Crippen LogP contribution in [-0.2, 0) is 19.6 Å². The van der Waals surface area contributed by atoms with E-state index in [2.05, 4.69) is 17.6 Å². The van der Waals surface area contributed by atoms with Crippen molar-refractivity contribution >= 4 is 21.6 Å². The summed E-state index contributed by atoms with van der Waals surface area (Å²) in [7, 11) is -3.56. The Morgan fingerprint density at radius 3 is 2.80 bits per heavy atom. The topological polar surface area (TPSA) is 87.7 Å². The number of anilines is 1. The third kappa shape index (κ3) is 4.38. The minimum atomic E-state index is -3.56. The lowest BCUT2D eigenvalue weighted by Crippen LogP contribution is -2.40. The maximum atomic E-state index is 12.7. The Morgan fingerprint density at radius 1 is 1.32 bits per heavy atom. The summed E-state index contributed by atoms with van der Waals surface area (Å²) < 4.78 is 32.1. The van der Waals surface area contributed by atoms with Gasteiger partial charge in [-0.3, -0.25) is 4.79 Å². The maximum Gasteiger partial charge on any atom is 0.243 e. The second kappa shape index (κ2) is 7.82. The van der Waals surface area contributed by atoms with Gasteiger partial charge < -0.3 is 15.4 Å². The molecular formula is C17H25N3O4S. The summed E-state index contributed by atoms with van der Waals surface area (Å²) in [5.74, 6) is -0.0926. The van der Waals surface area contributed by atoms with Gasteiger partial charge in [0.25, 0.3) is 0 Å². The van der Waals surface area contributed by atoms with Gasteiger partial charge in [-0.25, -0.2) is 8.42 Å². The summed E-state index contributed by atoms with van der Waals surface area (Å²) in [6.07, 6.45) is 1.58. The molecule has 0 spiro atoms. The van der Waals surface area contributed by atoms with Crippen molar-refractivity contribution in [1.82, 2.24) is 9.62 Å². The van der Waals surface area contributed by atoms with E-state index in [1.807, 2.05) is 0 Å². The smallest absolute Gasteiger partial charge is 0.243 e. The van der Waals surface area contributed by atoms with Gasteiger partial charge in [-0.05, 0) is 44.5 Å². The molecule has 7 nitrogen and oxygen atoms in total. The molecule has 8 heteroatoms. The van der Waals surface area contributed by atoms with Gasteiger partial charge in [0.05, 0.1) is 18.1 Å². The average Bonchev–Trinajstić information content (AvgIpc) is 2.62. The van der Waals surface area contributed by atoms with Crippen LogP contribution in [0.2, 0.25) is 0 Å². The average molecular weight is 367 g/mol. The van der Waals surface area contributed by atoms with Crippen molar-refractivity contribution in [3.05, 3.63) is 24.3 Å². The molecule has 138 valence electrons. The predicted molar refractivity (Wildman–Crippen MR) is 94.8 cm³/mol. The summed E-state index contributed by atoms with van der Waals surface area (Å²) in [5, 5.41) is 6.19. The highest BCUT2D eigenvalue weighted by Gasteiger charge is 2.27. The van der Waals surface area contributed by atoms with Crippen molar-refractivity contribution < 1.29 is 17.9 Å². The maximum absolute atomic E-state index is 12.7. The van der Waals surface area contributed by atoms with Crippen molar-refractivity contribution in [3.8, 4) is 0 Å². The Kier molecular flexibility index (Phi) is 5.73. The van der Waals surface area contributed by atoms with E-state index in [1.165, 1.54) is 10.4 Å². The van der Waals surface area contributed by atoms with E-state index in [9.17, 15) is 13.2 Å². The van der Waals surface area contributed by atoms with Crippen molar-refractivity contribution in [2.24, 2.45) is 5.92 Å². The molecule has 0 aromatic heterocycles. The minimum absolute atomic E-state index is 0.0456. The number of benzene rings is 1. The minimum Gasteiger partial charge on any atom is -0.379 e. The normalized spacial score (nSPS) is 25.5. The second-order valence-corrected chi connectivity index (χ2v) is 8.55. The third-order valence-electron chi connectivity index (χ3n) is 4.70. The molecule has 1 aromatic rings. The van der Waals surface area contributed by atoms with Crippen LogP contribution in [0, 0.1) is 5.92 Å². The number of morpholine rings is 1. The molecule has 0 unspecified atom stereocenters. The summed E-state index contributed by atoms with van der Waals surface area (Å²) in [6.45, 7) is 4.41. The summed E-state index contributed by atoms with van der Waals surface area (Å²) in [4.78, 5) is 12.7. The SMILES string of the molecule is C[C@H]1C[C@@H](C(=O)Nc2cccc(S(=O)(=O)N3CCOCC3)c2)CCN1. The number of sulfonamides is 1. The predicted octanol–water partition coefficient (Wildman–Crippen LogP) is 1.03. The van der Waals surface area contributed by atoms with E-state index in [0.29, 0.717) is 38.0 Å². The molecule has 2 fully saturated rings. The standard InChI is InChI=1S/C17H25N3O4S/c1-13-11-14(5-6-18-13)17(21)19-15-3-2-4-16(12-15)25(22,23)20-7-9-24-10-8-20/h2-4,12-14,18H,5-11H2,1H3,(H,19,21)/t13-,14-/m0/s1. The van der Waals surface area contributed by atoms with E-state index in [4.69, 9.17) is 4.74 Å². The zero-order valence-electron chi connectivity index (χ0n) is 14.4. The van der Waals surface area contributed by atoms with E-state index >= 15 is 0 Å². The highest BCUT2D eigenvalue weighted by Crippen LogP contribution is 2.22. The van der Waals surface area contributed by atoms with E-state index in [-0.39, 0.29) is 16.7 Å². The Balaban J connectivity index is 1.71. The number of carbonyl (C=O) groups excluding carboxylic acids is 1. The fraction of sp³-hybridized carbons (Fsp3) is 0.588. The lowest BCUT2D eigenvalue weighted by molar-refractivity contribution is -0.120. The molecule has 2 aliphatic heterocycles. The number of hydrogen-bond acceptors (Lipinski definition) is 5. The Morgan fingerprint density at radius 2 is 2.08 bits per heavy atom. The van der Waals surface area contributed by atoms with Crippen LogP contribution >= 0.6 is 0 Å². The fourth-order valence-electron chi connectivity index (χ4n) is 3.28. The Hall–Kier alpha value is -1.48. The molecule has 2 N–H and O–H groups in total. The number of carbonyl (C=O) groups is 1. The molecule has 25 heavy (non-hydrogen) atoms. The van der Waals surface area contributed by atoms with Crippen LogP contribution in [0.4, 0.5) is 5.69 Å². The Labute approximate surface area is 148 Å². The van der Waals surface area contributed by atoms with E-state index in [0.717, 1.165) is 19.4 Å². The second-order valence-electron chi connectivity index (χ2n) is 6.61. The first kappa shape index (κ1) is 18.3. The molecule has 2 heterocycles. The van der Waals surface area contributed by atoms with Crippen LogP contribution in [0.15, 0.2) is 29.2 Å². The van der Waals surface area contributed by atoms with Gasteiger partial charge in [-0.2, -0.15) is 4.31 Å². The summed E-state index contributed by atoms with van der Waals surface area (Å²) >= 11 is 0. The zero-order chi connectivity index (χ0) is 17.9. The molecule has 3 rings (SSSR count). The highest BCUT2D eigenvalue weighted by atomic mass is 32.2. The number of amides is 1. The molecule has 0 aliphatic carbocycles. The van der Waals surface area contributed by atoms with Crippen molar-refractivity contribution in [2.75, 3.05) is 38.2 Å². The Bertz CT molecular complexity index is 716. The first-order valence-electron chi connectivity index (χ1n) is 8.69. The van der Waals surface area contributed by atoms with Gasteiger partial charge in [0.1, 0.15) is 0 Å².